The summed E-state index contributed by atoms with van der Waals surface area (Å²) in [6, 6.07) is 0. The third kappa shape index (κ3) is 1.65. The van der Waals surface area contributed by atoms with Crippen LogP contribution in [0.4, 0.5) is 0 Å². The molecule has 1 heterocycles. The molecule has 21 heavy (non-hydrogen) atoms. The first-order valence-electron chi connectivity index (χ1n) is 7.57. The molecule has 1 saturated heterocycles. The molecule has 0 aromatic carbocycles. The minimum absolute atomic E-state index is 0.113. The molecule has 0 aromatic heterocycles. The molecule has 3 aliphatic rings. The van der Waals surface area contributed by atoms with Crippen LogP contribution >= 0.6 is 0 Å². The van der Waals surface area contributed by atoms with Crippen LogP contribution in [0.15, 0.2) is 12.2 Å². The van der Waals surface area contributed by atoms with E-state index in [1.165, 1.54) is 0 Å². The predicted octanol–water partition coefficient (Wildman–Crippen LogP) is 1.18. The maximum absolute atomic E-state index is 11.8. The lowest BCUT2D eigenvalue weighted by atomic mass is 9.48. The summed E-state index contributed by atoms with van der Waals surface area (Å²) < 4.78 is 10.8. The van der Waals surface area contributed by atoms with Crippen LogP contribution in [0.3, 0.4) is 0 Å². The number of methoxy groups -OCH3 is 1. The third-order valence-corrected chi connectivity index (χ3v) is 6.44. The van der Waals surface area contributed by atoms with Crippen molar-refractivity contribution in [1.82, 2.24) is 0 Å². The van der Waals surface area contributed by atoms with E-state index in [1.54, 1.807) is 7.11 Å². The van der Waals surface area contributed by atoms with Crippen LogP contribution in [0.5, 0.6) is 0 Å². The van der Waals surface area contributed by atoms with Gasteiger partial charge in [0.1, 0.15) is 17.3 Å². The van der Waals surface area contributed by atoms with Crippen molar-refractivity contribution in [2.45, 2.75) is 62.9 Å². The number of hydrogen-bond acceptors (Lipinski definition) is 5. The number of aliphatic hydroxyl groups is 2. The maximum atomic E-state index is 11.8. The molecule has 2 aliphatic carbocycles. The quantitative estimate of drug-likeness (QED) is 0.561. The second kappa shape index (κ2) is 4.31. The Bertz CT molecular complexity index is 503. The fraction of sp³-hybridized carbons (Fsp3) is 0.812. The standard InChI is InChI=1S/C16H24O5/c1-9-5-6-11(20-4)16(19)7-12-15(18,8-14(9,16)3)10(2)13(17)21-12/h9,11-12,18-19H,2,5-8H2,1,3-4H3/t9-,11+,12+,14+,15-,16-/m0/s1. The van der Waals surface area contributed by atoms with Gasteiger partial charge in [0, 0.05) is 18.9 Å². The Morgan fingerprint density at radius 3 is 2.67 bits per heavy atom. The first kappa shape index (κ1) is 15.0. The highest BCUT2D eigenvalue weighted by atomic mass is 16.6. The van der Waals surface area contributed by atoms with Gasteiger partial charge >= 0.3 is 5.97 Å². The number of rotatable bonds is 1. The maximum Gasteiger partial charge on any atom is 0.336 e. The molecule has 5 nitrogen and oxygen atoms in total. The highest BCUT2D eigenvalue weighted by Gasteiger charge is 2.69. The van der Waals surface area contributed by atoms with Gasteiger partial charge in [0.15, 0.2) is 0 Å². The SMILES string of the molecule is C=C1C(=O)O[C@@H]2C[C@]3(O)[C@H](OC)CC[C@H](C)[C@@]3(C)C[C@]12O. The van der Waals surface area contributed by atoms with Crippen molar-refractivity contribution in [2.24, 2.45) is 11.3 Å². The molecule has 3 rings (SSSR count). The van der Waals surface area contributed by atoms with E-state index < -0.39 is 28.7 Å². The first-order valence-corrected chi connectivity index (χ1v) is 7.57. The topological polar surface area (TPSA) is 76.0 Å². The molecule has 6 atom stereocenters. The van der Waals surface area contributed by atoms with Gasteiger partial charge in [-0.15, -0.1) is 0 Å². The molecule has 0 radical (unpaired) electrons. The molecule has 0 unspecified atom stereocenters. The van der Waals surface area contributed by atoms with Gasteiger partial charge < -0.3 is 19.7 Å². The van der Waals surface area contributed by atoms with Crippen LogP contribution in [0, 0.1) is 11.3 Å². The van der Waals surface area contributed by atoms with Gasteiger partial charge in [-0.3, -0.25) is 0 Å². The van der Waals surface area contributed by atoms with E-state index in [2.05, 4.69) is 13.5 Å². The van der Waals surface area contributed by atoms with Crippen molar-refractivity contribution in [2.75, 3.05) is 7.11 Å². The van der Waals surface area contributed by atoms with Crippen molar-refractivity contribution in [3.8, 4) is 0 Å². The van der Waals surface area contributed by atoms with Gasteiger partial charge in [-0.1, -0.05) is 20.4 Å². The molecule has 5 heteroatoms. The second-order valence-electron chi connectivity index (χ2n) is 7.22. The summed E-state index contributed by atoms with van der Waals surface area (Å²) in [6.07, 6.45) is 1.10. The molecule has 0 bridgehead atoms. The van der Waals surface area contributed by atoms with Crippen molar-refractivity contribution in [1.29, 1.82) is 0 Å². The number of carbonyl (C=O) groups is 1. The van der Waals surface area contributed by atoms with Crippen molar-refractivity contribution in [3.63, 3.8) is 0 Å². The second-order valence-corrected chi connectivity index (χ2v) is 7.22. The van der Waals surface area contributed by atoms with E-state index in [9.17, 15) is 15.0 Å². The molecule has 118 valence electrons. The number of hydrogen-bond donors (Lipinski definition) is 2. The van der Waals surface area contributed by atoms with Crippen molar-refractivity contribution >= 4 is 5.97 Å². The van der Waals surface area contributed by atoms with Crippen LogP contribution < -0.4 is 0 Å². The van der Waals surface area contributed by atoms with Crippen LogP contribution in [-0.2, 0) is 14.3 Å². The zero-order valence-corrected chi connectivity index (χ0v) is 12.9. The van der Waals surface area contributed by atoms with Crippen molar-refractivity contribution in [3.05, 3.63) is 12.2 Å². The monoisotopic (exact) mass is 296 g/mol. The summed E-state index contributed by atoms with van der Waals surface area (Å²) in [5.74, 6) is -0.350. The van der Waals surface area contributed by atoms with Crippen LogP contribution in [-0.4, -0.2) is 46.7 Å². The minimum atomic E-state index is -1.37. The summed E-state index contributed by atoms with van der Waals surface area (Å²) in [5, 5.41) is 22.3. The normalized spacial score (nSPS) is 53.1. The zero-order chi connectivity index (χ0) is 15.6. The molecule has 2 saturated carbocycles. The minimum Gasteiger partial charge on any atom is -0.455 e. The van der Waals surface area contributed by atoms with Gasteiger partial charge in [0.2, 0.25) is 0 Å². The molecular weight excluding hydrogens is 272 g/mol. The molecule has 0 aromatic rings. The van der Waals surface area contributed by atoms with E-state index in [4.69, 9.17) is 9.47 Å². The average Bonchev–Trinajstić information content (AvgIpc) is 2.62. The van der Waals surface area contributed by atoms with Crippen molar-refractivity contribution < 1.29 is 24.5 Å². The fourth-order valence-corrected chi connectivity index (χ4v) is 4.70. The lowest BCUT2D eigenvalue weighted by Crippen LogP contribution is -2.69. The lowest BCUT2D eigenvalue weighted by Gasteiger charge is -2.61. The summed E-state index contributed by atoms with van der Waals surface area (Å²) in [7, 11) is 1.60. The van der Waals surface area contributed by atoms with Crippen LogP contribution in [0.2, 0.25) is 0 Å². The largest absolute Gasteiger partial charge is 0.455 e. The molecule has 2 N–H and O–H groups in total. The Morgan fingerprint density at radius 2 is 2.05 bits per heavy atom. The Hall–Kier alpha value is -0.910. The number of carbonyl (C=O) groups excluding carboxylic acids is 1. The van der Waals surface area contributed by atoms with Gasteiger partial charge in [0.05, 0.1) is 11.7 Å². The molecule has 1 aliphatic heterocycles. The van der Waals surface area contributed by atoms with E-state index in [1.807, 2.05) is 6.92 Å². The number of fused-ring (bicyclic) bond motifs is 2. The molecule has 0 amide bonds. The van der Waals surface area contributed by atoms with E-state index in [0.29, 0.717) is 0 Å². The number of esters is 1. The smallest absolute Gasteiger partial charge is 0.336 e. The van der Waals surface area contributed by atoms with Gasteiger partial charge in [-0.25, -0.2) is 4.79 Å². The average molecular weight is 296 g/mol. The number of ether oxygens (including phenoxy) is 2. The molecule has 0 spiro atoms. The summed E-state index contributed by atoms with van der Waals surface area (Å²) in [5.41, 5.74) is -2.92. The van der Waals surface area contributed by atoms with Crippen LogP contribution in [0.1, 0.15) is 39.5 Å². The lowest BCUT2D eigenvalue weighted by molar-refractivity contribution is -0.265. The van der Waals surface area contributed by atoms with E-state index >= 15 is 0 Å². The molecular formula is C16H24O5. The van der Waals surface area contributed by atoms with Gasteiger partial charge in [-0.2, -0.15) is 0 Å². The Kier molecular flexibility index (Phi) is 3.08. The summed E-state index contributed by atoms with van der Waals surface area (Å²) in [6.45, 7) is 7.77. The fourth-order valence-electron chi connectivity index (χ4n) is 4.70. The molecule has 3 fully saturated rings. The Balaban J connectivity index is 2.07. The van der Waals surface area contributed by atoms with Gasteiger partial charge in [-0.05, 0) is 25.2 Å². The van der Waals surface area contributed by atoms with Crippen LogP contribution in [0.25, 0.3) is 0 Å². The Labute approximate surface area is 124 Å². The Morgan fingerprint density at radius 1 is 1.38 bits per heavy atom. The first-order chi connectivity index (χ1) is 9.69. The third-order valence-electron chi connectivity index (χ3n) is 6.44. The highest BCUT2D eigenvalue weighted by molar-refractivity contribution is 5.93. The summed E-state index contributed by atoms with van der Waals surface area (Å²) in [4.78, 5) is 11.8. The van der Waals surface area contributed by atoms with E-state index in [0.717, 1.165) is 12.8 Å². The zero-order valence-electron chi connectivity index (χ0n) is 12.9. The summed E-state index contributed by atoms with van der Waals surface area (Å²) >= 11 is 0. The predicted molar refractivity (Wildman–Crippen MR) is 75.5 cm³/mol. The highest BCUT2D eigenvalue weighted by Crippen LogP contribution is 2.61. The van der Waals surface area contributed by atoms with E-state index in [-0.39, 0.29) is 30.4 Å². The van der Waals surface area contributed by atoms with Gasteiger partial charge in [0.25, 0.3) is 0 Å².